The van der Waals surface area contributed by atoms with Crippen LogP contribution < -0.4 is 10.5 Å². The summed E-state index contributed by atoms with van der Waals surface area (Å²) in [4.78, 5) is 0. The molecule has 1 fully saturated rings. The zero-order valence-corrected chi connectivity index (χ0v) is 10.7. The number of hydrogen-bond donors (Lipinski definition) is 2. The van der Waals surface area contributed by atoms with Crippen molar-refractivity contribution in [2.75, 3.05) is 19.8 Å². The van der Waals surface area contributed by atoms with Gasteiger partial charge in [0, 0.05) is 18.6 Å². The van der Waals surface area contributed by atoms with Crippen molar-refractivity contribution in [1.82, 2.24) is 0 Å². The number of alkyl halides is 3. The largest absolute Gasteiger partial charge is 0.573 e. The van der Waals surface area contributed by atoms with Crippen molar-refractivity contribution in [3.63, 3.8) is 0 Å². The average molecular weight is 291 g/mol. The summed E-state index contributed by atoms with van der Waals surface area (Å²) < 4.78 is 45.2. The molecular weight excluding hydrogens is 275 g/mol. The molecule has 1 aromatic carbocycles. The molecule has 1 saturated heterocycles. The highest BCUT2D eigenvalue weighted by atomic mass is 19.4. The first-order valence-electron chi connectivity index (χ1n) is 6.18. The fraction of sp³-hybridized carbons (Fsp3) is 0.538. The lowest BCUT2D eigenvalue weighted by atomic mass is 9.78. The highest BCUT2D eigenvalue weighted by Gasteiger charge is 2.41. The minimum atomic E-state index is -4.72. The Balaban J connectivity index is 2.13. The molecule has 2 unspecified atom stereocenters. The van der Waals surface area contributed by atoms with Gasteiger partial charge in [-0.15, -0.1) is 13.2 Å². The van der Waals surface area contributed by atoms with Gasteiger partial charge in [-0.2, -0.15) is 0 Å². The molecule has 4 nitrogen and oxygen atoms in total. The molecule has 0 radical (unpaired) electrons. The van der Waals surface area contributed by atoms with Crippen LogP contribution in [0.15, 0.2) is 24.3 Å². The van der Waals surface area contributed by atoms with Crippen LogP contribution in [0.4, 0.5) is 13.2 Å². The van der Waals surface area contributed by atoms with E-state index in [2.05, 4.69) is 4.74 Å². The van der Waals surface area contributed by atoms with Gasteiger partial charge in [0.15, 0.2) is 0 Å². The van der Waals surface area contributed by atoms with E-state index in [0.717, 1.165) is 0 Å². The molecule has 1 aliphatic heterocycles. The molecule has 2 rings (SSSR count). The van der Waals surface area contributed by atoms with Crippen LogP contribution in [-0.4, -0.2) is 31.2 Å². The van der Waals surface area contributed by atoms with Crippen molar-refractivity contribution in [2.24, 2.45) is 11.1 Å². The molecule has 0 saturated carbocycles. The first-order valence-corrected chi connectivity index (χ1v) is 6.18. The van der Waals surface area contributed by atoms with Gasteiger partial charge in [-0.3, -0.25) is 0 Å². The Bertz CT molecular complexity index is 441. The topological polar surface area (TPSA) is 64.7 Å². The third-order valence-electron chi connectivity index (χ3n) is 3.55. The Morgan fingerprint density at radius 3 is 2.45 bits per heavy atom. The minimum absolute atomic E-state index is 0.245. The SMILES string of the molecule is NCC1(C(O)c2ccc(OC(F)(F)F)cc2)CCOC1. The number of aliphatic hydroxyl groups is 1. The highest BCUT2D eigenvalue weighted by molar-refractivity contribution is 5.30. The lowest BCUT2D eigenvalue weighted by molar-refractivity contribution is -0.274. The van der Waals surface area contributed by atoms with E-state index in [0.29, 0.717) is 25.2 Å². The molecule has 0 aromatic heterocycles. The second kappa shape index (κ2) is 5.59. The Morgan fingerprint density at radius 1 is 1.35 bits per heavy atom. The average Bonchev–Trinajstić information content (AvgIpc) is 2.87. The minimum Gasteiger partial charge on any atom is -0.406 e. The second-order valence-electron chi connectivity index (χ2n) is 4.89. The van der Waals surface area contributed by atoms with Crippen LogP contribution in [0.3, 0.4) is 0 Å². The zero-order valence-electron chi connectivity index (χ0n) is 10.7. The lowest BCUT2D eigenvalue weighted by Gasteiger charge is -2.31. The van der Waals surface area contributed by atoms with Crippen molar-refractivity contribution in [1.29, 1.82) is 0 Å². The first-order chi connectivity index (χ1) is 9.36. The Morgan fingerprint density at radius 2 is 2.00 bits per heavy atom. The van der Waals surface area contributed by atoms with E-state index in [1.54, 1.807) is 0 Å². The van der Waals surface area contributed by atoms with Crippen molar-refractivity contribution in [3.05, 3.63) is 29.8 Å². The van der Waals surface area contributed by atoms with Crippen LogP contribution in [0.25, 0.3) is 0 Å². The van der Waals surface area contributed by atoms with E-state index < -0.39 is 17.9 Å². The van der Waals surface area contributed by atoms with Crippen molar-refractivity contribution < 1.29 is 27.8 Å². The van der Waals surface area contributed by atoms with Crippen LogP contribution in [0.1, 0.15) is 18.1 Å². The van der Waals surface area contributed by atoms with E-state index in [1.807, 2.05) is 0 Å². The molecule has 0 aliphatic carbocycles. The van der Waals surface area contributed by atoms with Gasteiger partial charge < -0.3 is 20.3 Å². The maximum absolute atomic E-state index is 12.1. The maximum Gasteiger partial charge on any atom is 0.573 e. The quantitative estimate of drug-likeness (QED) is 0.890. The Kier molecular flexibility index (Phi) is 4.22. The van der Waals surface area contributed by atoms with E-state index in [1.165, 1.54) is 24.3 Å². The predicted molar refractivity (Wildman–Crippen MR) is 65.0 cm³/mol. The third-order valence-corrected chi connectivity index (χ3v) is 3.55. The van der Waals surface area contributed by atoms with Gasteiger partial charge in [-0.25, -0.2) is 0 Å². The lowest BCUT2D eigenvalue weighted by Crippen LogP contribution is -2.37. The van der Waals surface area contributed by atoms with Crippen LogP contribution in [0, 0.1) is 5.41 Å². The molecule has 1 aliphatic rings. The number of rotatable bonds is 4. The monoisotopic (exact) mass is 291 g/mol. The standard InChI is InChI=1S/C13H16F3NO3/c14-13(15,16)20-10-3-1-9(2-4-10)11(18)12(7-17)5-6-19-8-12/h1-4,11,18H,5-8,17H2. The molecule has 0 bridgehead atoms. The summed E-state index contributed by atoms with van der Waals surface area (Å²) >= 11 is 0. The Labute approximate surface area is 114 Å². The third kappa shape index (κ3) is 3.23. The van der Waals surface area contributed by atoms with Gasteiger partial charge in [-0.1, -0.05) is 12.1 Å². The van der Waals surface area contributed by atoms with Crippen molar-refractivity contribution >= 4 is 0 Å². The van der Waals surface area contributed by atoms with Gasteiger partial charge in [0.1, 0.15) is 5.75 Å². The maximum atomic E-state index is 12.1. The fourth-order valence-electron chi connectivity index (χ4n) is 2.32. The van der Waals surface area contributed by atoms with Gasteiger partial charge >= 0.3 is 6.36 Å². The highest BCUT2D eigenvalue weighted by Crippen LogP contribution is 2.40. The van der Waals surface area contributed by atoms with Crippen LogP contribution in [0.2, 0.25) is 0 Å². The van der Waals surface area contributed by atoms with Gasteiger partial charge in [0.2, 0.25) is 0 Å². The van der Waals surface area contributed by atoms with Crippen LogP contribution in [0.5, 0.6) is 5.75 Å². The fourth-order valence-corrected chi connectivity index (χ4v) is 2.32. The van der Waals surface area contributed by atoms with Gasteiger partial charge in [0.25, 0.3) is 0 Å². The zero-order chi connectivity index (χ0) is 14.8. The number of halogens is 3. The summed E-state index contributed by atoms with van der Waals surface area (Å²) in [5, 5.41) is 10.4. The van der Waals surface area contributed by atoms with E-state index >= 15 is 0 Å². The van der Waals surface area contributed by atoms with E-state index in [4.69, 9.17) is 10.5 Å². The van der Waals surface area contributed by atoms with Crippen molar-refractivity contribution in [3.8, 4) is 5.75 Å². The summed E-state index contributed by atoms with van der Waals surface area (Å²) in [6.07, 6.45) is -4.99. The molecule has 2 atom stereocenters. The second-order valence-corrected chi connectivity index (χ2v) is 4.89. The molecule has 0 spiro atoms. The van der Waals surface area contributed by atoms with E-state index in [9.17, 15) is 18.3 Å². The molecular formula is C13H16F3NO3. The molecule has 7 heteroatoms. The number of ether oxygens (including phenoxy) is 2. The van der Waals surface area contributed by atoms with Gasteiger partial charge in [-0.05, 0) is 24.1 Å². The summed E-state index contributed by atoms with van der Waals surface area (Å²) in [5.41, 5.74) is 5.63. The van der Waals surface area contributed by atoms with E-state index in [-0.39, 0.29) is 12.3 Å². The summed E-state index contributed by atoms with van der Waals surface area (Å²) in [6.45, 7) is 1.10. The number of benzene rings is 1. The van der Waals surface area contributed by atoms with Crippen LogP contribution >= 0.6 is 0 Å². The van der Waals surface area contributed by atoms with Gasteiger partial charge in [0.05, 0.1) is 12.7 Å². The molecule has 3 N–H and O–H groups in total. The molecule has 1 aromatic rings. The summed E-state index contributed by atoms with van der Waals surface area (Å²) in [7, 11) is 0. The molecule has 20 heavy (non-hydrogen) atoms. The first kappa shape index (κ1) is 15.1. The summed E-state index contributed by atoms with van der Waals surface area (Å²) in [5.74, 6) is -0.321. The number of aliphatic hydroxyl groups excluding tert-OH is 1. The normalized spacial score (nSPS) is 24.6. The number of nitrogens with two attached hydrogens (primary N) is 1. The molecule has 1 heterocycles. The molecule has 0 amide bonds. The van der Waals surface area contributed by atoms with Crippen LogP contribution in [-0.2, 0) is 4.74 Å². The number of hydrogen-bond acceptors (Lipinski definition) is 4. The summed E-state index contributed by atoms with van der Waals surface area (Å²) in [6, 6.07) is 5.15. The van der Waals surface area contributed by atoms with Crippen molar-refractivity contribution in [2.45, 2.75) is 18.9 Å². The molecule has 112 valence electrons. The Hall–Kier alpha value is -1.31. The predicted octanol–water partition coefficient (Wildman–Crippen LogP) is 1.98. The smallest absolute Gasteiger partial charge is 0.406 e.